The molecule has 2 heterocycles. The zero-order valence-electron chi connectivity index (χ0n) is 17.9. The van der Waals surface area contributed by atoms with E-state index in [0.717, 1.165) is 12.8 Å². The second kappa shape index (κ2) is 9.46. The number of amides is 1. The highest BCUT2D eigenvalue weighted by Gasteiger charge is 2.28. The van der Waals surface area contributed by atoms with Gasteiger partial charge in [0.15, 0.2) is 5.69 Å². The fraction of sp³-hybridized carbons (Fsp3) is 0.261. The topological polar surface area (TPSA) is 101 Å². The molecule has 8 nitrogen and oxygen atoms in total. The molecule has 2 aromatic carbocycles. The van der Waals surface area contributed by atoms with E-state index < -0.39 is 21.4 Å². The molecule has 0 aliphatic carbocycles. The van der Waals surface area contributed by atoms with Crippen LogP contribution in [0.4, 0.5) is 5.69 Å². The minimum absolute atomic E-state index is 0.164. The molecule has 10 heteroatoms. The maximum atomic E-state index is 12.9. The molecule has 4 rings (SSSR count). The molecule has 1 fully saturated rings. The van der Waals surface area contributed by atoms with Crippen LogP contribution in [0.25, 0.3) is 5.69 Å². The number of benzene rings is 2. The van der Waals surface area contributed by atoms with Crippen molar-refractivity contribution in [1.29, 1.82) is 0 Å². The van der Waals surface area contributed by atoms with Crippen molar-refractivity contribution in [3.8, 4) is 5.69 Å². The van der Waals surface area contributed by atoms with Crippen LogP contribution in [0.2, 0.25) is 5.02 Å². The van der Waals surface area contributed by atoms with Gasteiger partial charge in [-0.2, -0.15) is 9.40 Å². The van der Waals surface area contributed by atoms with E-state index in [9.17, 15) is 18.0 Å². The van der Waals surface area contributed by atoms with Gasteiger partial charge in [0, 0.05) is 36.1 Å². The van der Waals surface area contributed by atoms with Gasteiger partial charge in [-0.15, -0.1) is 0 Å². The summed E-state index contributed by atoms with van der Waals surface area (Å²) in [5, 5.41) is 7.30. The van der Waals surface area contributed by atoms with Crippen LogP contribution in [0, 0.1) is 5.92 Å². The average molecular weight is 487 g/mol. The predicted octanol–water partition coefficient (Wildman–Crippen LogP) is 3.56. The fourth-order valence-corrected chi connectivity index (χ4v) is 5.44. The van der Waals surface area contributed by atoms with Crippen molar-refractivity contribution in [3.05, 3.63) is 81.7 Å². The Bertz CT molecular complexity index is 1320. The number of carbonyl (C=O) groups is 1. The molecule has 0 bridgehead atoms. The Hall–Kier alpha value is -3.01. The normalized spacial score (nSPS) is 17.0. The minimum Gasteiger partial charge on any atom is -0.320 e. The van der Waals surface area contributed by atoms with Crippen LogP contribution in [0.3, 0.4) is 0 Å². The molecule has 172 valence electrons. The molecule has 1 aliphatic rings. The van der Waals surface area contributed by atoms with Gasteiger partial charge >= 0.3 is 0 Å². The zero-order valence-corrected chi connectivity index (χ0v) is 19.5. The lowest BCUT2D eigenvalue weighted by Gasteiger charge is -2.30. The first-order valence-corrected chi connectivity index (χ1v) is 12.3. The average Bonchev–Trinajstić information content (AvgIpc) is 2.80. The molecule has 33 heavy (non-hydrogen) atoms. The van der Waals surface area contributed by atoms with Gasteiger partial charge in [-0.1, -0.05) is 18.5 Å². The zero-order chi connectivity index (χ0) is 23.6. The number of rotatable bonds is 5. The second-order valence-electron chi connectivity index (χ2n) is 8.04. The Morgan fingerprint density at radius 1 is 1.09 bits per heavy atom. The van der Waals surface area contributed by atoms with E-state index in [4.69, 9.17) is 11.6 Å². The van der Waals surface area contributed by atoms with Gasteiger partial charge in [0.1, 0.15) is 0 Å². The lowest BCUT2D eigenvalue weighted by Crippen LogP contribution is -2.39. The third-order valence-corrected chi connectivity index (χ3v) is 7.62. The van der Waals surface area contributed by atoms with Crippen LogP contribution in [0.15, 0.2) is 70.5 Å². The number of carbonyl (C=O) groups excluding carboxylic acids is 1. The molecule has 3 aromatic rings. The van der Waals surface area contributed by atoms with E-state index in [-0.39, 0.29) is 10.6 Å². The van der Waals surface area contributed by atoms with Crippen LogP contribution >= 0.6 is 11.6 Å². The number of nitrogens with zero attached hydrogens (tertiary/aromatic N) is 3. The second-order valence-corrected chi connectivity index (χ2v) is 10.4. The molecular weight excluding hydrogens is 464 g/mol. The summed E-state index contributed by atoms with van der Waals surface area (Å²) < 4.78 is 28.7. The van der Waals surface area contributed by atoms with Crippen LogP contribution in [-0.2, 0) is 10.0 Å². The minimum atomic E-state index is -3.59. The number of hydrogen-bond donors (Lipinski definition) is 1. The van der Waals surface area contributed by atoms with Gasteiger partial charge in [0.2, 0.25) is 15.5 Å². The summed E-state index contributed by atoms with van der Waals surface area (Å²) in [6.07, 6.45) is 3.32. The Kier molecular flexibility index (Phi) is 6.64. The summed E-state index contributed by atoms with van der Waals surface area (Å²) in [7, 11) is -3.59. The summed E-state index contributed by atoms with van der Waals surface area (Å²) in [5.74, 6) is -0.369. The highest BCUT2D eigenvalue weighted by Crippen LogP contribution is 2.24. The number of piperidine rings is 1. The van der Waals surface area contributed by atoms with Crippen molar-refractivity contribution in [1.82, 2.24) is 14.1 Å². The highest BCUT2D eigenvalue weighted by molar-refractivity contribution is 7.89. The summed E-state index contributed by atoms with van der Waals surface area (Å²) in [6, 6.07) is 13.9. The highest BCUT2D eigenvalue weighted by atomic mass is 35.5. The van der Waals surface area contributed by atoms with Crippen molar-refractivity contribution in [2.75, 3.05) is 18.4 Å². The van der Waals surface area contributed by atoms with Crippen LogP contribution in [0.5, 0.6) is 0 Å². The van der Waals surface area contributed by atoms with Crippen molar-refractivity contribution in [2.24, 2.45) is 5.92 Å². The Morgan fingerprint density at radius 2 is 1.79 bits per heavy atom. The number of hydrogen-bond acceptors (Lipinski definition) is 5. The van der Waals surface area contributed by atoms with Crippen LogP contribution in [-0.4, -0.2) is 41.5 Å². The van der Waals surface area contributed by atoms with Gasteiger partial charge < -0.3 is 5.32 Å². The molecule has 1 N–H and O–H groups in total. The first-order valence-electron chi connectivity index (χ1n) is 10.5. The van der Waals surface area contributed by atoms with E-state index in [1.54, 1.807) is 24.3 Å². The lowest BCUT2D eigenvalue weighted by molar-refractivity contribution is 0.101. The number of halogens is 1. The summed E-state index contributed by atoms with van der Waals surface area (Å²) >= 11 is 5.90. The Balaban J connectivity index is 1.52. The van der Waals surface area contributed by atoms with Crippen LogP contribution < -0.4 is 10.7 Å². The van der Waals surface area contributed by atoms with Crippen LogP contribution in [0.1, 0.15) is 30.3 Å². The summed E-state index contributed by atoms with van der Waals surface area (Å²) in [4.78, 5) is 25.1. The number of anilines is 1. The van der Waals surface area contributed by atoms with E-state index in [1.807, 2.05) is 6.92 Å². The van der Waals surface area contributed by atoms with Crippen molar-refractivity contribution >= 4 is 33.2 Å². The van der Waals surface area contributed by atoms with Crippen molar-refractivity contribution in [3.63, 3.8) is 0 Å². The Labute approximate surface area is 196 Å². The van der Waals surface area contributed by atoms with Gasteiger partial charge in [-0.25, -0.2) is 13.1 Å². The third-order valence-electron chi connectivity index (χ3n) is 5.48. The molecule has 1 amide bonds. The molecule has 0 saturated carbocycles. The summed E-state index contributed by atoms with van der Waals surface area (Å²) in [5.41, 5.74) is 0.173. The molecule has 1 atom stereocenters. The predicted molar refractivity (Wildman–Crippen MR) is 126 cm³/mol. The van der Waals surface area contributed by atoms with Gasteiger partial charge in [0.25, 0.3) is 5.91 Å². The summed E-state index contributed by atoms with van der Waals surface area (Å²) in [6.45, 7) is 3.05. The lowest BCUT2D eigenvalue weighted by atomic mass is 10.0. The monoisotopic (exact) mass is 486 g/mol. The van der Waals surface area contributed by atoms with Crippen molar-refractivity contribution in [2.45, 2.75) is 24.7 Å². The Morgan fingerprint density at radius 3 is 2.45 bits per heavy atom. The SMILES string of the molecule is C[C@H]1CCCN(S(=O)(=O)c2ccc(NC(=O)c3nn(-c4ccc(Cl)cc4)ccc3=O)cc2)C1. The third kappa shape index (κ3) is 5.16. The smallest absolute Gasteiger partial charge is 0.280 e. The first kappa shape index (κ1) is 23.2. The van der Waals surface area contributed by atoms with E-state index >= 15 is 0 Å². The fourth-order valence-electron chi connectivity index (χ4n) is 3.72. The standard InChI is InChI=1S/C23H23ClN4O4S/c1-16-3-2-13-27(15-16)33(31,32)20-10-6-18(7-11-20)25-23(30)22-21(29)12-14-28(26-22)19-8-4-17(24)5-9-19/h4-12,14,16H,2-3,13,15H2,1H3,(H,25,30)/t16-/m0/s1. The largest absolute Gasteiger partial charge is 0.320 e. The van der Waals surface area contributed by atoms with E-state index in [2.05, 4.69) is 10.4 Å². The maximum Gasteiger partial charge on any atom is 0.280 e. The van der Waals surface area contributed by atoms with E-state index in [1.165, 1.54) is 45.5 Å². The molecule has 1 aromatic heterocycles. The van der Waals surface area contributed by atoms with E-state index in [0.29, 0.717) is 35.4 Å². The van der Waals surface area contributed by atoms with Gasteiger partial charge in [-0.05, 0) is 67.3 Å². The first-order chi connectivity index (χ1) is 15.7. The number of aromatic nitrogens is 2. The maximum absolute atomic E-state index is 12.9. The molecular formula is C23H23ClN4O4S. The molecule has 0 radical (unpaired) electrons. The molecule has 0 unspecified atom stereocenters. The van der Waals surface area contributed by atoms with Gasteiger partial charge in [0.05, 0.1) is 10.6 Å². The quantitative estimate of drug-likeness (QED) is 0.594. The van der Waals surface area contributed by atoms with Crippen molar-refractivity contribution < 1.29 is 13.2 Å². The number of sulfonamides is 1. The van der Waals surface area contributed by atoms with Gasteiger partial charge in [-0.3, -0.25) is 9.59 Å². The number of nitrogens with one attached hydrogen (secondary N) is 1. The molecule has 1 saturated heterocycles. The molecule has 0 spiro atoms. The molecule has 1 aliphatic heterocycles.